The maximum absolute atomic E-state index is 11.1. The second kappa shape index (κ2) is 6.97. The van der Waals surface area contributed by atoms with Crippen LogP contribution >= 0.6 is 15.9 Å². The highest BCUT2D eigenvalue weighted by Crippen LogP contribution is 2.21. The van der Waals surface area contributed by atoms with Crippen molar-refractivity contribution >= 4 is 21.8 Å². The van der Waals surface area contributed by atoms with Gasteiger partial charge in [-0.25, -0.2) is 0 Å². The van der Waals surface area contributed by atoms with E-state index in [0.717, 1.165) is 17.3 Å². The fourth-order valence-corrected chi connectivity index (χ4v) is 2.23. The number of carbonyl (C=O) groups excluding carboxylic acids is 1. The van der Waals surface area contributed by atoms with Gasteiger partial charge >= 0.3 is 0 Å². The third-order valence-electron chi connectivity index (χ3n) is 2.77. The number of nitrogens with one attached hydrogen (secondary N) is 1. The number of amides is 1. The zero-order chi connectivity index (χ0) is 12.8. The summed E-state index contributed by atoms with van der Waals surface area (Å²) in [4.78, 5) is 11.1. The standard InChI is InChI=1S/C13H20BrNO2/c1-4-11(5-2)17-13-8-10(14)6-7-12(13)15-9(3)16/h6-8,11-13H,4-5H2,1-3H3,(H,15,16)/t12-,13-/m1/s1. The fraction of sp³-hybridized carbons (Fsp3) is 0.615. The van der Waals surface area contributed by atoms with Crippen LogP contribution in [0, 0.1) is 0 Å². The van der Waals surface area contributed by atoms with Gasteiger partial charge in [0.15, 0.2) is 0 Å². The number of hydrogen-bond donors (Lipinski definition) is 1. The van der Waals surface area contributed by atoms with Crippen LogP contribution in [0.3, 0.4) is 0 Å². The van der Waals surface area contributed by atoms with Crippen LogP contribution in [0.25, 0.3) is 0 Å². The molecule has 1 amide bonds. The quantitative estimate of drug-likeness (QED) is 0.848. The Hall–Kier alpha value is -0.610. The second-order valence-electron chi connectivity index (χ2n) is 4.18. The Morgan fingerprint density at radius 2 is 2.18 bits per heavy atom. The summed E-state index contributed by atoms with van der Waals surface area (Å²) in [5.74, 6) is -0.0378. The minimum absolute atomic E-state index is 0.0378. The van der Waals surface area contributed by atoms with E-state index in [0.29, 0.717) is 0 Å². The van der Waals surface area contributed by atoms with E-state index in [-0.39, 0.29) is 24.2 Å². The maximum Gasteiger partial charge on any atom is 0.217 e. The van der Waals surface area contributed by atoms with Crippen molar-refractivity contribution in [2.75, 3.05) is 0 Å². The van der Waals surface area contributed by atoms with Crippen LogP contribution in [0.5, 0.6) is 0 Å². The molecule has 0 aliphatic heterocycles. The first-order valence-corrected chi connectivity index (χ1v) is 6.84. The molecular formula is C13H20BrNO2. The highest BCUT2D eigenvalue weighted by atomic mass is 79.9. The van der Waals surface area contributed by atoms with Crippen molar-refractivity contribution in [2.45, 2.75) is 51.9 Å². The van der Waals surface area contributed by atoms with Gasteiger partial charge in [-0.15, -0.1) is 0 Å². The van der Waals surface area contributed by atoms with E-state index in [4.69, 9.17) is 4.74 Å². The Bertz CT molecular complexity index is 321. The number of halogens is 1. The molecule has 0 spiro atoms. The van der Waals surface area contributed by atoms with Gasteiger partial charge in [-0.3, -0.25) is 4.79 Å². The fourth-order valence-electron chi connectivity index (χ4n) is 1.81. The molecule has 0 aromatic heterocycles. The molecule has 0 saturated heterocycles. The summed E-state index contributed by atoms with van der Waals surface area (Å²) in [6.07, 6.45) is 8.00. The van der Waals surface area contributed by atoms with E-state index in [2.05, 4.69) is 35.1 Å². The van der Waals surface area contributed by atoms with Crippen molar-refractivity contribution in [1.29, 1.82) is 0 Å². The van der Waals surface area contributed by atoms with Crippen molar-refractivity contribution in [3.63, 3.8) is 0 Å². The Morgan fingerprint density at radius 3 is 2.71 bits per heavy atom. The molecule has 17 heavy (non-hydrogen) atoms. The van der Waals surface area contributed by atoms with E-state index in [1.165, 1.54) is 6.92 Å². The van der Waals surface area contributed by atoms with E-state index >= 15 is 0 Å². The summed E-state index contributed by atoms with van der Waals surface area (Å²) in [6.45, 7) is 5.74. The summed E-state index contributed by atoms with van der Waals surface area (Å²) in [7, 11) is 0. The molecule has 0 saturated carbocycles. The molecule has 4 heteroatoms. The average Bonchev–Trinajstić information content (AvgIpc) is 2.28. The third kappa shape index (κ3) is 4.64. The lowest BCUT2D eigenvalue weighted by Crippen LogP contribution is -2.43. The predicted molar refractivity (Wildman–Crippen MR) is 73.0 cm³/mol. The lowest BCUT2D eigenvalue weighted by Gasteiger charge is -2.29. The van der Waals surface area contributed by atoms with Gasteiger partial charge in [0.2, 0.25) is 5.91 Å². The number of hydrogen-bond acceptors (Lipinski definition) is 2. The molecule has 2 atom stereocenters. The molecule has 0 fully saturated rings. The molecule has 3 nitrogen and oxygen atoms in total. The minimum atomic E-state index is -0.0943. The minimum Gasteiger partial charge on any atom is -0.368 e. The number of rotatable bonds is 5. The van der Waals surface area contributed by atoms with Gasteiger partial charge in [0, 0.05) is 11.4 Å². The van der Waals surface area contributed by atoms with Gasteiger partial charge in [-0.1, -0.05) is 41.9 Å². The van der Waals surface area contributed by atoms with Gasteiger partial charge in [0.1, 0.15) is 6.10 Å². The van der Waals surface area contributed by atoms with Gasteiger partial charge in [0.25, 0.3) is 0 Å². The SMILES string of the molecule is CCC(CC)O[C@@H]1C=C(Br)C=C[C@H]1NC(C)=O. The molecule has 0 aromatic carbocycles. The first-order chi connectivity index (χ1) is 8.06. The molecule has 1 N–H and O–H groups in total. The number of allylic oxidation sites excluding steroid dienone is 2. The second-order valence-corrected chi connectivity index (χ2v) is 5.09. The number of ether oxygens (including phenoxy) is 1. The largest absolute Gasteiger partial charge is 0.368 e. The topological polar surface area (TPSA) is 38.3 Å². The predicted octanol–water partition coefficient (Wildman–Crippen LogP) is 2.91. The van der Waals surface area contributed by atoms with Crippen LogP contribution in [0.15, 0.2) is 22.7 Å². The Morgan fingerprint density at radius 1 is 1.53 bits per heavy atom. The smallest absolute Gasteiger partial charge is 0.217 e. The zero-order valence-corrected chi connectivity index (χ0v) is 12.2. The van der Waals surface area contributed by atoms with E-state index in [1.807, 2.05) is 18.2 Å². The molecule has 96 valence electrons. The first-order valence-electron chi connectivity index (χ1n) is 6.04. The van der Waals surface area contributed by atoms with E-state index in [9.17, 15) is 4.79 Å². The molecule has 0 heterocycles. The summed E-state index contributed by atoms with van der Waals surface area (Å²) in [6, 6.07) is -0.0746. The molecule has 1 rings (SSSR count). The van der Waals surface area contributed by atoms with Crippen LogP contribution in [0.1, 0.15) is 33.6 Å². The molecule has 0 radical (unpaired) electrons. The molecular weight excluding hydrogens is 282 g/mol. The van der Waals surface area contributed by atoms with Crippen molar-refractivity contribution in [2.24, 2.45) is 0 Å². The summed E-state index contributed by atoms with van der Waals surface area (Å²) >= 11 is 3.44. The molecule has 0 bridgehead atoms. The van der Waals surface area contributed by atoms with Gasteiger partial charge in [0.05, 0.1) is 12.1 Å². The van der Waals surface area contributed by atoms with Gasteiger partial charge < -0.3 is 10.1 Å². The van der Waals surface area contributed by atoms with Crippen molar-refractivity contribution < 1.29 is 9.53 Å². The first kappa shape index (κ1) is 14.5. The Labute approximate surface area is 111 Å². The molecule has 1 aliphatic rings. The Kier molecular flexibility index (Phi) is 5.92. The zero-order valence-electron chi connectivity index (χ0n) is 10.6. The molecule has 0 unspecified atom stereocenters. The normalized spacial score (nSPS) is 23.7. The lowest BCUT2D eigenvalue weighted by molar-refractivity contribution is -0.120. The van der Waals surface area contributed by atoms with E-state index in [1.54, 1.807) is 0 Å². The third-order valence-corrected chi connectivity index (χ3v) is 3.30. The number of carbonyl (C=O) groups is 1. The van der Waals surface area contributed by atoms with E-state index < -0.39 is 0 Å². The van der Waals surface area contributed by atoms with Crippen molar-refractivity contribution in [3.8, 4) is 0 Å². The Balaban J connectivity index is 2.69. The van der Waals surface area contributed by atoms with Crippen LogP contribution < -0.4 is 5.32 Å². The van der Waals surface area contributed by atoms with Crippen LogP contribution in [0.4, 0.5) is 0 Å². The lowest BCUT2D eigenvalue weighted by atomic mass is 10.0. The van der Waals surface area contributed by atoms with Crippen molar-refractivity contribution in [3.05, 3.63) is 22.7 Å². The summed E-state index contributed by atoms with van der Waals surface area (Å²) in [5.41, 5.74) is 0. The van der Waals surface area contributed by atoms with Gasteiger partial charge in [-0.05, 0) is 18.9 Å². The molecule has 0 aromatic rings. The summed E-state index contributed by atoms with van der Waals surface area (Å²) in [5, 5.41) is 2.89. The molecule has 1 aliphatic carbocycles. The maximum atomic E-state index is 11.1. The highest BCUT2D eigenvalue weighted by Gasteiger charge is 2.24. The van der Waals surface area contributed by atoms with Crippen molar-refractivity contribution in [1.82, 2.24) is 5.32 Å². The van der Waals surface area contributed by atoms with Crippen LogP contribution in [-0.2, 0) is 9.53 Å². The summed E-state index contributed by atoms with van der Waals surface area (Å²) < 4.78 is 7.00. The monoisotopic (exact) mass is 301 g/mol. The van der Waals surface area contributed by atoms with Gasteiger partial charge in [-0.2, -0.15) is 0 Å². The highest BCUT2D eigenvalue weighted by molar-refractivity contribution is 9.11. The average molecular weight is 302 g/mol. The van der Waals surface area contributed by atoms with Crippen LogP contribution in [0.2, 0.25) is 0 Å². The van der Waals surface area contributed by atoms with Crippen LogP contribution in [-0.4, -0.2) is 24.2 Å².